The van der Waals surface area contributed by atoms with Gasteiger partial charge in [0.25, 0.3) is 0 Å². The Labute approximate surface area is 58.9 Å². The average Bonchev–Trinajstić information content (AvgIpc) is 1.25. The van der Waals surface area contributed by atoms with Crippen LogP contribution in [0.5, 0.6) is 0 Å². The largest absolute Gasteiger partial charge is 0.503 e. The molecule has 0 aliphatic heterocycles. The maximum absolute atomic E-state index is 8.68. The monoisotopic (exact) mass is 304 g/mol. The lowest BCUT2D eigenvalue weighted by molar-refractivity contribution is -1.63. The molecule has 0 amide bonds. The van der Waals surface area contributed by atoms with Gasteiger partial charge in [-0.25, -0.2) is 0 Å². The molecule has 0 fully saturated rings. The molecule has 2 N–H and O–H groups in total. The van der Waals surface area contributed by atoms with Crippen molar-refractivity contribution in [2.24, 2.45) is 0 Å². The third-order valence-electron chi connectivity index (χ3n) is 0. The summed E-state index contributed by atoms with van der Waals surface area (Å²) in [5.41, 5.74) is 0. The van der Waals surface area contributed by atoms with Gasteiger partial charge in [-0.1, -0.05) is 0 Å². The van der Waals surface area contributed by atoms with Gasteiger partial charge in [0.15, 0.2) is 0 Å². The summed E-state index contributed by atoms with van der Waals surface area (Å²) < 4.78 is 48.8. The van der Waals surface area contributed by atoms with Crippen molar-refractivity contribution in [3.8, 4) is 0 Å². The van der Waals surface area contributed by atoms with Crippen LogP contribution in [0.25, 0.3) is 0 Å². The van der Waals surface area contributed by atoms with E-state index < -0.39 is 35.9 Å². The Hall–Kier alpha value is 0.970. The molecule has 0 radical (unpaired) electrons. The fraction of sp³-hybridized carbons (Fsp3) is 0. The van der Waals surface area contributed by atoms with E-state index in [9.17, 15) is 0 Å². The van der Waals surface area contributed by atoms with Crippen LogP contribution in [0, 0.1) is 14.8 Å². The van der Waals surface area contributed by atoms with Crippen molar-refractivity contribution in [3.63, 3.8) is 0 Å². The van der Waals surface area contributed by atoms with E-state index in [1.54, 1.807) is 0 Å². The van der Waals surface area contributed by atoms with Gasteiger partial charge in [0.05, 0.1) is 0 Å². The van der Waals surface area contributed by atoms with Crippen molar-refractivity contribution in [1.29, 1.82) is 0 Å². The van der Waals surface area contributed by atoms with E-state index in [2.05, 4.69) is 0 Å². The van der Waals surface area contributed by atoms with E-state index in [0.717, 1.165) is 0 Å². The maximum atomic E-state index is 8.68. The molecule has 0 aromatic rings. The van der Waals surface area contributed by atoms with E-state index in [1.165, 1.54) is 0 Å². The minimum absolute atomic E-state index is 3.40. The highest BCUT2D eigenvalue weighted by Crippen LogP contribution is 1.38. The fourth-order valence-corrected chi connectivity index (χ4v) is 0. The Bertz CT molecular complexity index is 24.0. The van der Waals surface area contributed by atoms with Crippen molar-refractivity contribution < 1.29 is 58.8 Å². The van der Waals surface area contributed by atoms with E-state index in [1.807, 2.05) is 0 Å². The Balaban J connectivity index is 0. The van der Waals surface area contributed by atoms with Crippen LogP contribution in [0.2, 0.25) is 0 Å². The molecule has 0 saturated carbocycles. The highest BCUT2D eigenvalue weighted by Gasteiger charge is 1.89. The van der Waals surface area contributed by atoms with Gasteiger partial charge in [-0.15, -0.1) is 0 Å². The lowest BCUT2D eigenvalue weighted by Crippen LogP contribution is -3.98. The number of hydrogen-bond donors (Lipinski definition) is 2. The minimum atomic E-state index is -3.76. The average molecular weight is 305 g/mol. The van der Waals surface area contributed by atoms with Crippen LogP contribution in [0.3, 0.4) is 0 Å². The maximum Gasteiger partial charge on any atom is 0.503 e. The highest BCUT2D eigenvalue weighted by atomic mass is 127. The summed E-state index contributed by atoms with van der Waals surface area (Å²) in [5, 5.41) is 0. The summed E-state index contributed by atoms with van der Waals surface area (Å²) in [6.07, 6.45) is 0. The summed E-state index contributed by atoms with van der Waals surface area (Å²) >= 11 is -7.16. The van der Waals surface area contributed by atoms with Crippen molar-refractivity contribution in [2.45, 2.75) is 0 Å². The quantitative estimate of drug-likeness (QED) is 0.427. The third-order valence-corrected chi connectivity index (χ3v) is 0. The first-order valence-corrected chi connectivity index (χ1v) is 5.69. The van der Waals surface area contributed by atoms with Crippen molar-refractivity contribution in [3.05, 3.63) is 0 Å². The van der Waals surface area contributed by atoms with Gasteiger partial charge in [0.2, 0.25) is 0 Å². The fourth-order valence-electron chi connectivity index (χ4n) is 0. The number of rotatable bonds is 0. The molecule has 0 aliphatic carbocycles. The zero-order chi connectivity index (χ0) is 7.15. The molecule has 0 rings (SSSR count). The molecule has 0 aromatic carbocycles. The molecule has 6 nitrogen and oxygen atoms in total. The van der Waals surface area contributed by atoms with Crippen LogP contribution < -0.4 is 36.3 Å². The minimum Gasteiger partial charge on any atom is -0.396 e. The molecule has 52 valence electrons. The summed E-state index contributed by atoms with van der Waals surface area (Å²) in [5.74, 6) is 0. The van der Waals surface area contributed by atoms with Gasteiger partial charge in [0.1, 0.15) is 0 Å². The second kappa shape index (κ2) is 7.97. The smallest absolute Gasteiger partial charge is 0.396 e. The topological polar surface area (TPSA) is 133 Å². The van der Waals surface area contributed by atoms with Crippen LogP contribution in [-0.4, -0.2) is 7.63 Å². The van der Waals surface area contributed by atoms with Gasteiger partial charge in [-0.05, 0) is 7.63 Å². The Morgan fingerprint density at radius 2 is 1.25 bits per heavy atom. The summed E-state index contributed by atoms with van der Waals surface area (Å²) in [4.78, 5) is 0. The molecule has 0 spiro atoms. The van der Waals surface area contributed by atoms with Crippen molar-refractivity contribution in [2.75, 3.05) is 0 Å². The van der Waals surface area contributed by atoms with Gasteiger partial charge >= 0.3 is 35.9 Å². The zero-order valence-corrected chi connectivity index (χ0v) is 7.03. The van der Waals surface area contributed by atoms with Gasteiger partial charge in [-0.3, -0.25) is 0 Å². The normalized spacial score (nSPS) is 9.00. The van der Waals surface area contributed by atoms with Gasteiger partial charge in [-0.2, -0.15) is 0 Å². The number of halogens is 2. The predicted molar refractivity (Wildman–Crippen MR) is 4.44 cm³/mol. The molecule has 0 aromatic heterocycles. The van der Waals surface area contributed by atoms with Crippen molar-refractivity contribution >= 4 is 0 Å². The lowest BCUT2D eigenvalue weighted by Gasteiger charge is -1.69. The van der Waals surface area contributed by atoms with E-state index in [4.69, 9.17) is 22.9 Å². The zero-order valence-electron chi connectivity index (χ0n) is 3.28. The molecule has 0 saturated heterocycles. The SMILES string of the molecule is [O-][Br+2]([O-])O.[O-][I+2]([O-])O. The molecule has 8 heteroatoms. The lowest BCUT2D eigenvalue weighted by atomic mass is 16.0. The van der Waals surface area contributed by atoms with Gasteiger partial charge < -0.3 is 15.3 Å². The van der Waals surface area contributed by atoms with Crippen LogP contribution in [0.4, 0.5) is 0 Å². The molecule has 0 unspecified atom stereocenters. The van der Waals surface area contributed by atoms with Crippen LogP contribution in [0.1, 0.15) is 0 Å². The Morgan fingerprint density at radius 1 is 1.25 bits per heavy atom. The summed E-state index contributed by atoms with van der Waals surface area (Å²) in [7, 11) is 0. The first-order valence-electron chi connectivity index (χ1n) is 0.955. The molecule has 0 bridgehead atoms. The Morgan fingerprint density at radius 3 is 1.25 bits per heavy atom. The number of hydrogen-bond acceptors (Lipinski definition) is 6. The van der Waals surface area contributed by atoms with Crippen molar-refractivity contribution in [1.82, 2.24) is 0 Å². The Kier molecular flexibility index (Phi) is 11.7. The highest BCUT2D eigenvalue weighted by molar-refractivity contribution is 1.94. The van der Waals surface area contributed by atoms with Crippen LogP contribution in [-0.2, 0) is 0 Å². The van der Waals surface area contributed by atoms with Crippen LogP contribution >= 0.6 is 0 Å². The first kappa shape index (κ1) is 11.7. The van der Waals surface area contributed by atoms with Gasteiger partial charge in [0, 0.05) is 0 Å². The molecule has 0 atom stereocenters. The van der Waals surface area contributed by atoms with Crippen LogP contribution in [0.15, 0.2) is 0 Å². The third kappa shape index (κ3) is 264. The van der Waals surface area contributed by atoms with E-state index in [0.29, 0.717) is 0 Å². The predicted octanol–water partition coefficient (Wildman–Crippen LogP) is -8.87. The second-order valence-electron chi connectivity index (χ2n) is 0.402. The van der Waals surface area contributed by atoms with E-state index in [-0.39, 0.29) is 0 Å². The molecule has 0 heterocycles. The second-order valence-corrected chi connectivity index (χ2v) is 2.39. The molecule has 0 aliphatic rings. The first-order chi connectivity index (χ1) is 3.46. The molecule has 8 heavy (non-hydrogen) atoms. The summed E-state index contributed by atoms with van der Waals surface area (Å²) in [6, 6.07) is 0. The molecular weight excluding hydrogens is 303 g/mol. The van der Waals surface area contributed by atoms with E-state index >= 15 is 0 Å². The standard InChI is InChI=1S/BrHO3.HIO3/c2*2-1(3)4/h2*2H. The molecular formula is H2BrIO6. The summed E-state index contributed by atoms with van der Waals surface area (Å²) in [6.45, 7) is 0.